The van der Waals surface area contributed by atoms with Crippen LogP contribution in [-0.4, -0.2) is 36.0 Å². The topological polar surface area (TPSA) is 105 Å². The Morgan fingerprint density at radius 2 is 1.76 bits per heavy atom. The monoisotopic (exact) mass is 444 g/mol. The third-order valence-corrected chi connectivity index (χ3v) is 5.72. The van der Waals surface area contributed by atoms with Crippen LogP contribution in [0.4, 0.5) is 5.69 Å². The molecule has 1 aliphatic rings. The molecular formula is C25H20N2O6. The Balaban J connectivity index is 1.74. The van der Waals surface area contributed by atoms with Crippen LogP contribution in [0.1, 0.15) is 17.4 Å². The lowest BCUT2D eigenvalue weighted by atomic mass is 9.99. The fraction of sp³-hybridized carbons (Fsp3) is 0.120. The summed E-state index contributed by atoms with van der Waals surface area (Å²) in [5.74, 6) is -0.682. The molecule has 2 aromatic carbocycles. The summed E-state index contributed by atoms with van der Waals surface area (Å²) in [5.41, 5.74) is 1.51. The molecule has 0 saturated carbocycles. The van der Waals surface area contributed by atoms with Gasteiger partial charge in [0, 0.05) is 40.9 Å². The number of amides is 1. The first-order valence-corrected chi connectivity index (χ1v) is 10.2. The Morgan fingerprint density at radius 3 is 2.42 bits per heavy atom. The number of ether oxygens (including phenoxy) is 2. The molecule has 1 atom stereocenters. The fourth-order valence-corrected chi connectivity index (χ4v) is 4.16. The quantitative estimate of drug-likeness (QED) is 0.269. The van der Waals surface area contributed by atoms with Gasteiger partial charge >= 0.3 is 0 Å². The van der Waals surface area contributed by atoms with Gasteiger partial charge in [-0.05, 0) is 18.2 Å². The molecular weight excluding hydrogens is 424 g/mol. The van der Waals surface area contributed by atoms with Gasteiger partial charge in [-0.25, -0.2) is 0 Å². The van der Waals surface area contributed by atoms with E-state index in [4.69, 9.17) is 13.9 Å². The number of Topliss-reactive ketones (excluding diaryl/α,β-unsaturated/α-hetero) is 1. The molecule has 5 rings (SSSR count). The number of hydrogen-bond acceptors (Lipinski definition) is 6. The predicted molar refractivity (Wildman–Crippen MR) is 121 cm³/mol. The van der Waals surface area contributed by atoms with E-state index in [1.807, 2.05) is 24.3 Å². The number of para-hydroxylation sites is 1. The van der Waals surface area contributed by atoms with Crippen molar-refractivity contribution in [2.75, 3.05) is 19.1 Å². The minimum absolute atomic E-state index is 0.0681. The normalized spacial score (nSPS) is 17.6. The number of nitrogens with zero attached hydrogens (tertiary/aromatic N) is 1. The van der Waals surface area contributed by atoms with Gasteiger partial charge in [0.2, 0.25) is 0 Å². The number of nitrogens with one attached hydrogen (secondary N) is 1. The van der Waals surface area contributed by atoms with Crippen molar-refractivity contribution in [1.82, 2.24) is 4.98 Å². The first kappa shape index (κ1) is 20.4. The maximum atomic E-state index is 13.3. The van der Waals surface area contributed by atoms with E-state index < -0.39 is 17.7 Å². The van der Waals surface area contributed by atoms with Crippen molar-refractivity contribution in [3.63, 3.8) is 0 Å². The third-order valence-electron chi connectivity index (χ3n) is 5.72. The number of fused-ring (bicyclic) bond motifs is 1. The summed E-state index contributed by atoms with van der Waals surface area (Å²) in [6.45, 7) is 0. The van der Waals surface area contributed by atoms with E-state index in [0.717, 1.165) is 10.9 Å². The van der Waals surface area contributed by atoms with E-state index in [1.54, 1.807) is 36.5 Å². The standard InChI is InChI=1S/C25H20N2O6/c1-31-15-10-14(11-16(12-15)32-2)27-22(20-8-5-9-33-20)21(24(29)25(27)30)23(28)18-13-26-19-7-4-3-6-17(18)19/h3-13,22,26,28H,1-2H3/b23-21-. The number of aromatic nitrogens is 1. The predicted octanol–water partition coefficient (Wildman–Crippen LogP) is 4.40. The van der Waals surface area contributed by atoms with E-state index in [1.165, 1.54) is 25.4 Å². The Morgan fingerprint density at radius 1 is 1.03 bits per heavy atom. The minimum Gasteiger partial charge on any atom is -0.507 e. The Bertz CT molecular complexity index is 1380. The fourth-order valence-electron chi connectivity index (χ4n) is 4.16. The zero-order valence-electron chi connectivity index (χ0n) is 17.9. The van der Waals surface area contributed by atoms with Crippen LogP contribution >= 0.6 is 0 Å². The second kappa shape index (κ2) is 7.90. The second-order valence-corrected chi connectivity index (χ2v) is 7.50. The van der Waals surface area contributed by atoms with Crippen molar-refractivity contribution in [3.8, 4) is 11.5 Å². The maximum absolute atomic E-state index is 13.3. The lowest BCUT2D eigenvalue weighted by Gasteiger charge is -2.24. The van der Waals surface area contributed by atoms with Crippen molar-refractivity contribution in [1.29, 1.82) is 0 Å². The van der Waals surface area contributed by atoms with Crippen LogP contribution in [0.15, 0.2) is 77.0 Å². The smallest absolute Gasteiger partial charge is 0.300 e. The summed E-state index contributed by atoms with van der Waals surface area (Å²) in [7, 11) is 2.99. The summed E-state index contributed by atoms with van der Waals surface area (Å²) in [6.07, 6.45) is 3.06. The van der Waals surface area contributed by atoms with Gasteiger partial charge in [-0.1, -0.05) is 18.2 Å². The molecule has 0 spiro atoms. The second-order valence-electron chi connectivity index (χ2n) is 7.50. The number of aliphatic hydroxyl groups is 1. The number of aliphatic hydroxyl groups excluding tert-OH is 1. The number of anilines is 1. The van der Waals surface area contributed by atoms with E-state index >= 15 is 0 Å². The molecule has 0 radical (unpaired) electrons. The van der Waals surface area contributed by atoms with Crippen molar-refractivity contribution in [2.45, 2.75) is 6.04 Å². The molecule has 2 N–H and O–H groups in total. The van der Waals surface area contributed by atoms with Gasteiger partial charge in [-0.15, -0.1) is 0 Å². The molecule has 2 aromatic heterocycles. The van der Waals surface area contributed by atoms with Crippen molar-refractivity contribution >= 4 is 34.0 Å². The largest absolute Gasteiger partial charge is 0.507 e. The molecule has 0 aliphatic carbocycles. The van der Waals surface area contributed by atoms with Crippen LogP contribution in [0.3, 0.4) is 0 Å². The number of methoxy groups -OCH3 is 2. The molecule has 1 saturated heterocycles. The average molecular weight is 444 g/mol. The number of hydrogen-bond donors (Lipinski definition) is 2. The van der Waals surface area contributed by atoms with Crippen LogP contribution in [0.5, 0.6) is 11.5 Å². The van der Waals surface area contributed by atoms with Crippen molar-refractivity contribution in [3.05, 3.63) is 84.0 Å². The molecule has 1 amide bonds. The molecule has 8 heteroatoms. The van der Waals surface area contributed by atoms with E-state index in [0.29, 0.717) is 28.5 Å². The molecule has 0 bridgehead atoms. The van der Waals surface area contributed by atoms with E-state index in [9.17, 15) is 14.7 Å². The lowest BCUT2D eigenvalue weighted by Crippen LogP contribution is -2.29. The zero-order chi connectivity index (χ0) is 23.1. The van der Waals surface area contributed by atoms with Gasteiger partial charge < -0.3 is 24.0 Å². The van der Waals surface area contributed by atoms with Crippen LogP contribution in [0, 0.1) is 0 Å². The molecule has 4 aromatic rings. The highest BCUT2D eigenvalue weighted by atomic mass is 16.5. The number of rotatable bonds is 5. The zero-order valence-corrected chi connectivity index (χ0v) is 17.9. The first-order chi connectivity index (χ1) is 16.0. The molecule has 3 heterocycles. The average Bonchev–Trinajstić information content (AvgIpc) is 3.57. The SMILES string of the molecule is COc1cc(OC)cc(N2C(=O)C(=O)/C(=C(\O)c3c[nH]c4ccccc34)C2c2ccco2)c1. The molecule has 166 valence electrons. The van der Waals surface area contributed by atoms with Gasteiger partial charge in [-0.2, -0.15) is 0 Å². The Kier molecular flexibility index (Phi) is 4.90. The number of carbonyl (C=O) groups is 2. The number of H-pyrrole nitrogens is 1. The molecule has 1 aliphatic heterocycles. The summed E-state index contributed by atoms with van der Waals surface area (Å²) in [5, 5.41) is 12.0. The Labute approximate surface area is 188 Å². The van der Waals surface area contributed by atoms with E-state index in [-0.39, 0.29) is 11.3 Å². The van der Waals surface area contributed by atoms with E-state index in [2.05, 4.69) is 4.98 Å². The Hall–Kier alpha value is -4.46. The molecule has 1 unspecified atom stereocenters. The van der Waals surface area contributed by atoms with Gasteiger partial charge in [0.15, 0.2) is 0 Å². The summed E-state index contributed by atoms with van der Waals surface area (Å²) in [4.78, 5) is 30.9. The minimum atomic E-state index is -0.981. The number of benzene rings is 2. The molecule has 1 fully saturated rings. The first-order valence-electron chi connectivity index (χ1n) is 10.2. The number of ketones is 1. The number of furan rings is 1. The number of aromatic amines is 1. The highest BCUT2D eigenvalue weighted by molar-refractivity contribution is 6.51. The van der Waals surface area contributed by atoms with Crippen molar-refractivity contribution in [2.24, 2.45) is 0 Å². The highest BCUT2D eigenvalue weighted by Crippen LogP contribution is 2.44. The van der Waals surface area contributed by atoms with Crippen LogP contribution in [0.2, 0.25) is 0 Å². The summed E-state index contributed by atoms with van der Waals surface area (Å²) < 4.78 is 16.3. The number of carbonyl (C=O) groups excluding carboxylic acids is 2. The van der Waals surface area contributed by atoms with Crippen LogP contribution < -0.4 is 14.4 Å². The molecule has 33 heavy (non-hydrogen) atoms. The third kappa shape index (κ3) is 3.23. The van der Waals surface area contributed by atoms with Gasteiger partial charge in [0.05, 0.1) is 31.7 Å². The van der Waals surface area contributed by atoms with Crippen LogP contribution in [-0.2, 0) is 9.59 Å². The van der Waals surface area contributed by atoms with Crippen molar-refractivity contribution < 1.29 is 28.6 Å². The molecule has 8 nitrogen and oxygen atoms in total. The van der Waals surface area contributed by atoms with Crippen LogP contribution in [0.25, 0.3) is 16.7 Å². The maximum Gasteiger partial charge on any atom is 0.300 e. The lowest BCUT2D eigenvalue weighted by molar-refractivity contribution is -0.132. The summed E-state index contributed by atoms with van der Waals surface area (Å²) in [6, 6.07) is 14.6. The van der Waals surface area contributed by atoms with Gasteiger partial charge in [0.25, 0.3) is 11.7 Å². The van der Waals surface area contributed by atoms with Gasteiger partial charge in [0.1, 0.15) is 29.1 Å². The van der Waals surface area contributed by atoms with Gasteiger partial charge in [-0.3, -0.25) is 14.5 Å². The highest BCUT2D eigenvalue weighted by Gasteiger charge is 2.48. The summed E-state index contributed by atoms with van der Waals surface area (Å²) >= 11 is 0.